The Morgan fingerprint density at radius 2 is 2.28 bits per heavy atom. The molecule has 0 N–H and O–H groups in total. The predicted molar refractivity (Wildman–Crippen MR) is 69.2 cm³/mol. The fraction of sp³-hybridized carbons (Fsp3) is 0.385. The highest BCUT2D eigenvalue weighted by atomic mass is 32.2. The summed E-state index contributed by atoms with van der Waals surface area (Å²) in [5.74, 6) is -0.299. The SMILES string of the molecule is C[C@H]1OCC[C@@H]1Sc1ncnc2c(F)cccc12. The standard InChI is InChI=1S/C13H13FN2OS/c1-8-11(5-6-17-8)18-13-9-3-2-4-10(14)12(9)15-7-16-13/h2-4,7-8,11H,5-6H2,1H3/t8-,11+/m1/s1. The summed E-state index contributed by atoms with van der Waals surface area (Å²) >= 11 is 1.65. The van der Waals surface area contributed by atoms with E-state index in [1.54, 1.807) is 17.8 Å². The Hall–Kier alpha value is -1.20. The monoisotopic (exact) mass is 264 g/mol. The number of ether oxygens (including phenoxy) is 1. The summed E-state index contributed by atoms with van der Waals surface area (Å²) < 4.78 is 19.2. The summed E-state index contributed by atoms with van der Waals surface area (Å²) in [6.45, 7) is 2.85. The molecule has 2 atom stereocenters. The number of thioether (sulfide) groups is 1. The van der Waals surface area contributed by atoms with Crippen molar-refractivity contribution in [3.05, 3.63) is 30.3 Å². The average Bonchev–Trinajstić information content (AvgIpc) is 2.77. The van der Waals surface area contributed by atoms with E-state index in [-0.39, 0.29) is 11.9 Å². The molecule has 94 valence electrons. The van der Waals surface area contributed by atoms with Gasteiger partial charge in [0.2, 0.25) is 0 Å². The molecule has 1 fully saturated rings. The van der Waals surface area contributed by atoms with Crippen LogP contribution in [0, 0.1) is 5.82 Å². The minimum Gasteiger partial charge on any atom is -0.377 e. The number of para-hydroxylation sites is 1. The van der Waals surface area contributed by atoms with Gasteiger partial charge in [-0.3, -0.25) is 0 Å². The number of aromatic nitrogens is 2. The quantitative estimate of drug-likeness (QED) is 0.781. The van der Waals surface area contributed by atoms with Gasteiger partial charge in [0.25, 0.3) is 0 Å². The molecule has 1 aromatic carbocycles. The Morgan fingerprint density at radius 3 is 3.06 bits per heavy atom. The van der Waals surface area contributed by atoms with Crippen LogP contribution >= 0.6 is 11.8 Å². The molecule has 1 saturated heterocycles. The van der Waals surface area contributed by atoms with Crippen LogP contribution in [0.4, 0.5) is 4.39 Å². The molecule has 0 bridgehead atoms. The lowest BCUT2D eigenvalue weighted by molar-refractivity contribution is 0.127. The van der Waals surface area contributed by atoms with Crippen molar-refractivity contribution in [2.24, 2.45) is 0 Å². The van der Waals surface area contributed by atoms with Crippen molar-refractivity contribution in [1.29, 1.82) is 0 Å². The zero-order valence-electron chi connectivity index (χ0n) is 9.97. The van der Waals surface area contributed by atoms with Gasteiger partial charge < -0.3 is 4.74 Å². The Morgan fingerprint density at radius 1 is 1.39 bits per heavy atom. The van der Waals surface area contributed by atoms with Gasteiger partial charge in [-0.05, 0) is 25.5 Å². The lowest BCUT2D eigenvalue weighted by Gasteiger charge is -2.13. The van der Waals surface area contributed by atoms with E-state index in [2.05, 4.69) is 16.9 Å². The maximum Gasteiger partial charge on any atom is 0.149 e. The fourth-order valence-electron chi connectivity index (χ4n) is 2.13. The second-order valence-electron chi connectivity index (χ2n) is 4.34. The van der Waals surface area contributed by atoms with Crippen molar-refractivity contribution in [2.45, 2.75) is 29.7 Å². The third-order valence-electron chi connectivity index (χ3n) is 3.15. The van der Waals surface area contributed by atoms with Crippen molar-refractivity contribution in [3.63, 3.8) is 0 Å². The lowest BCUT2D eigenvalue weighted by atomic mass is 10.2. The first-order valence-electron chi connectivity index (χ1n) is 5.93. The van der Waals surface area contributed by atoms with E-state index in [1.165, 1.54) is 12.4 Å². The molecular formula is C13H13FN2OS. The van der Waals surface area contributed by atoms with Gasteiger partial charge in [-0.25, -0.2) is 14.4 Å². The summed E-state index contributed by atoms with van der Waals surface area (Å²) in [7, 11) is 0. The number of hydrogen-bond acceptors (Lipinski definition) is 4. The maximum absolute atomic E-state index is 13.6. The Kier molecular flexibility index (Phi) is 3.18. The Bertz CT molecular complexity index is 578. The highest BCUT2D eigenvalue weighted by Gasteiger charge is 2.26. The van der Waals surface area contributed by atoms with Crippen molar-refractivity contribution < 1.29 is 9.13 Å². The largest absolute Gasteiger partial charge is 0.377 e. The highest BCUT2D eigenvalue weighted by Crippen LogP contribution is 2.34. The van der Waals surface area contributed by atoms with Gasteiger partial charge in [0.1, 0.15) is 22.7 Å². The molecule has 18 heavy (non-hydrogen) atoms. The van der Waals surface area contributed by atoms with E-state index in [1.807, 2.05) is 6.07 Å². The smallest absolute Gasteiger partial charge is 0.149 e. The molecule has 0 saturated carbocycles. The van der Waals surface area contributed by atoms with Gasteiger partial charge in [0.05, 0.1) is 6.10 Å². The molecular weight excluding hydrogens is 251 g/mol. The van der Waals surface area contributed by atoms with Gasteiger partial charge in [0.15, 0.2) is 0 Å². The van der Waals surface area contributed by atoms with Crippen molar-refractivity contribution in [1.82, 2.24) is 9.97 Å². The molecule has 2 aromatic rings. The van der Waals surface area contributed by atoms with Crippen LogP contribution in [0.3, 0.4) is 0 Å². The van der Waals surface area contributed by atoms with Crippen LogP contribution in [0.2, 0.25) is 0 Å². The molecule has 1 aromatic heterocycles. The summed E-state index contributed by atoms with van der Waals surface area (Å²) in [6, 6.07) is 4.98. The normalized spacial score (nSPS) is 23.7. The third kappa shape index (κ3) is 2.08. The first kappa shape index (κ1) is 11.9. The Labute approximate surface area is 109 Å². The van der Waals surface area contributed by atoms with Crippen LogP contribution in [0.1, 0.15) is 13.3 Å². The lowest BCUT2D eigenvalue weighted by Crippen LogP contribution is -2.13. The first-order valence-corrected chi connectivity index (χ1v) is 6.81. The van der Waals surface area contributed by atoms with E-state index < -0.39 is 0 Å². The van der Waals surface area contributed by atoms with Gasteiger partial charge >= 0.3 is 0 Å². The molecule has 0 amide bonds. The molecule has 3 nitrogen and oxygen atoms in total. The molecule has 3 rings (SSSR count). The van der Waals surface area contributed by atoms with E-state index in [0.717, 1.165) is 23.4 Å². The number of halogens is 1. The summed E-state index contributed by atoms with van der Waals surface area (Å²) in [5.41, 5.74) is 0.390. The summed E-state index contributed by atoms with van der Waals surface area (Å²) in [4.78, 5) is 8.28. The molecule has 2 heterocycles. The molecule has 1 aliphatic heterocycles. The molecule has 0 aliphatic carbocycles. The third-order valence-corrected chi connectivity index (χ3v) is 4.62. The number of benzene rings is 1. The average molecular weight is 264 g/mol. The van der Waals surface area contributed by atoms with E-state index in [9.17, 15) is 4.39 Å². The predicted octanol–water partition coefficient (Wildman–Crippen LogP) is 3.04. The number of fused-ring (bicyclic) bond motifs is 1. The van der Waals surface area contributed by atoms with Crippen molar-refractivity contribution >= 4 is 22.7 Å². The molecule has 0 unspecified atom stereocenters. The summed E-state index contributed by atoms with van der Waals surface area (Å²) in [5, 5.41) is 2.00. The number of nitrogens with zero attached hydrogens (tertiary/aromatic N) is 2. The zero-order chi connectivity index (χ0) is 12.5. The van der Waals surface area contributed by atoms with Crippen LogP contribution in [0.15, 0.2) is 29.6 Å². The topological polar surface area (TPSA) is 35.0 Å². The van der Waals surface area contributed by atoms with Crippen LogP contribution < -0.4 is 0 Å². The van der Waals surface area contributed by atoms with Crippen LogP contribution in [0.25, 0.3) is 10.9 Å². The Balaban J connectivity index is 1.99. The molecule has 5 heteroatoms. The highest BCUT2D eigenvalue weighted by molar-refractivity contribution is 8.00. The van der Waals surface area contributed by atoms with E-state index >= 15 is 0 Å². The van der Waals surface area contributed by atoms with Crippen molar-refractivity contribution in [2.75, 3.05) is 6.61 Å². The van der Waals surface area contributed by atoms with E-state index in [0.29, 0.717) is 10.8 Å². The number of hydrogen-bond donors (Lipinski definition) is 0. The maximum atomic E-state index is 13.6. The summed E-state index contributed by atoms with van der Waals surface area (Å²) in [6.07, 6.45) is 2.65. The fourth-order valence-corrected chi connectivity index (χ4v) is 3.30. The minimum atomic E-state index is -0.299. The minimum absolute atomic E-state index is 0.216. The second kappa shape index (κ2) is 4.82. The number of rotatable bonds is 2. The van der Waals surface area contributed by atoms with Gasteiger partial charge in [-0.2, -0.15) is 0 Å². The zero-order valence-corrected chi connectivity index (χ0v) is 10.8. The van der Waals surface area contributed by atoms with E-state index in [4.69, 9.17) is 4.74 Å². The van der Waals surface area contributed by atoms with Crippen molar-refractivity contribution in [3.8, 4) is 0 Å². The van der Waals surface area contributed by atoms with Gasteiger partial charge in [0, 0.05) is 17.2 Å². The first-order chi connectivity index (χ1) is 8.75. The molecule has 0 radical (unpaired) electrons. The molecule has 1 aliphatic rings. The van der Waals surface area contributed by atoms with Gasteiger partial charge in [-0.15, -0.1) is 0 Å². The van der Waals surface area contributed by atoms with Crippen LogP contribution in [0.5, 0.6) is 0 Å². The van der Waals surface area contributed by atoms with Crippen LogP contribution in [-0.4, -0.2) is 27.9 Å². The van der Waals surface area contributed by atoms with Gasteiger partial charge in [-0.1, -0.05) is 17.8 Å². The molecule has 0 spiro atoms. The second-order valence-corrected chi connectivity index (χ2v) is 5.56. The van der Waals surface area contributed by atoms with Crippen LogP contribution in [-0.2, 0) is 4.74 Å².